The van der Waals surface area contributed by atoms with Crippen molar-refractivity contribution in [3.05, 3.63) is 10.6 Å². The lowest BCUT2D eigenvalue weighted by Gasteiger charge is -2.28. The molecule has 0 aromatic carbocycles. The van der Waals surface area contributed by atoms with E-state index in [-0.39, 0.29) is 5.54 Å². The average Bonchev–Trinajstić information content (AvgIpc) is 2.84. The van der Waals surface area contributed by atoms with E-state index in [1.807, 2.05) is 0 Å². The van der Waals surface area contributed by atoms with E-state index in [2.05, 4.69) is 30.7 Å². The molecule has 1 aliphatic carbocycles. The van der Waals surface area contributed by atoms with E-state index in [1.54, 1.807) is 0 Å². The molecule has 1 saturated carbocycles. The standard InChI is InChI=1S/C9H13BrN4/c10-8-13-12-7-2-1-6(5-14(7)8)9(11)3-4-9/h6H,1-5,11H2. The molecule has 1 aromatic heterocycles. The number of hydrogen-bond donors (Lipinski definition) is 1. The van der Waals surface area contributed by atoms with Gasteiger partial charge in [0.25, 0.3) is 0 Å². The number of nitrogens with two attached hydrogens (primary N) is 1. The van der Waals surface area contributed by atoms with Gasteiger partial charge in [-0.1, -0.05) is 0 Å². The van der Waals surface area contributed by atoms with Gasteiger partial charge in [-0.3, -0.25) is 0 Å². The highest BCUT2D eigenvalue weighted by Gasteiger charge is 2.46. The van der Waals surface area contributed by atoms with Gasteiger partial charge in [-0.15, -0.1) is 10.2 Å². The minimum atomic E-state index is 0.126. The normalized spacial score (nSPS) is 28.6. The SMILES string of the molecule is NC1(C2CCc3nnc(Br)n3C2)CC1. The van der Waals surface area contributed by atoms with E-state index in [4.69, 9.17) is 5.73 Å². The maximum Gasteiger partial charge on any atom is 0.200 e. The fourth-order valence-electron chi connectivity index (χ4n) is 2.32. The van der Waals surface area contributed by atoms with Crippen LogP contribution in [-0.2, 0) is 13.0 Å². The Labute approximate surface area is 91.0 Å². The molecule has 2 heterocycles. The highest BCUT2D eigenvalue weighted by molar-refractivity contribution is 9.10. The lowest BCUT2D eigenvalue weighted by molar-refractivity contribution is 0.292. The van der Waals surface area contributed by atoms with E-state index in [0.717, 1.165) is 23.5 Å². The maximum absolute atomic E-state index is 6.23. The van der Waals surface area contributed by atoms with Crippen molar-refractivity contribution in [3.8, 4) is 0 Å². The van der Waals surface area contributed by atoms with Gasteiger partial charge in [-0.2, -0.15) is 0 Å². The van der Waals surface area contributed by atoms with Crippen LogP contribution in [0, 0.1) is 5.92 Å². The Balaban J connectivity index is 1.88. The van der Waals surface area contributed by atoms with Crippen molar-refractivity contribution in [3.63, 3.8) is 0 Å². The minimum Gasteiger partial charge on any atom is -0.325 e. The van der Waals surface area contributed by atoms with E-state index in [0.29, 0.717) is 5.92 Å². The van der Waals surface area contributed by atoms with Crippen molar-refractivity contribution < 1.29 is 0 Å². The molecule has 0 bridgehead atoms. The number of nitrogens with zero attached hydrogens (tertiary/aromatic N) is 3. The average molecular weight is 257 g/mol. The molecule has 0 spiro atoms. The smallest absolute Gasteiger partial charge is 0.200 e. The largest absolute Gasteiger partial charge is 0.325 e. The third-order valence-electron chi connectivity index (χ3n) is 3.54. The Kier molecular flexibility index (Phi) is 1.77. The van der Waals surface area contributed by atoms with Crippen LogP contribution >= 0.6 is 15.9 Å². The molecule has 1 atom stereocenters. The first-order chi connectivity index (χ1) is 6.69. The van der Waals surface area contributed by atoms with Gasteiger partial charge < -0.3 is 10.3 Å². The minimum absolute atomic E-state index is 0.126. The number of hydrogen-bond acceptors (Lipinski definition) is 3. The van der Waals surface area contributed by atoms with Gasteiger partial charge in [0.1, 0.15) is 5.82 Å². The van der Waals surface area contributed by atoms with Gasteiger partial charge in [0.2, 0.25) is 0 Å². The molecule has 1 unspecified atom stereocenters. The van der Waals surface area contributed by atoms with Gasteiger partial charge in [0, 0.05) is 18.5 Å². The summed E-state index contributed by atoms with van der Waals surface area (Å²) in [5.41, 5.74) is 6.35. The molecule has 2 aliphatic rings. The molecule has 0 amide bonds. The van der Waals surface area contributed by atoms with Crippen molar-refractivity contribution in [2.24, 2.45) is 11.7 Å². The Hall–Kier alpha value is -0.420. The van der Waals surface area contributed by atoms with Crippen molar-refractivity contribution in [1.29, 1.82) is 0 Å². The second-order valence-electron chi connectivity index (χ2n) is 4.46. The Morgan fingerprint density at radius 1 is 1.43 bits per heavy atom. The predicted molar refractivity (Wildman–Crippen MR) is 55.7 cm³/mol. The molecule has 2 N–H and O–H groups in total. The van der Waals surface area contributed by atoms with Crippen LogP contribution in [0.2, 0.25) is 0 Å². The third kappa shape index (κ3) is 1.22. The van der Waals surface area contributed by atoms with Crippen LogP contribution in [0.3, 0.4) is 0 Å². The van der Waals surface area contributed by atoms with Crippen LogP contribution in [0.4, 0.5) is 0 Å². The lowest BCUT2D eigenvalue weighted by atomic mass is 9.90. The molecule has 1 aliphatic heterocycles. The summed E-state index contributed by atoms with van der Waals surface area (Å²) in [6, 6.07) is 0. The number of aryl methyl sites for hydroxylation is 1. The summed E-state index contributed by atoms with van der Waals surface area (Å²) in [4.78, 5) is 0. The number of rotatable bonds is 1. The highest BCUT2D eigenvalue weighted by Crippen LogP contribution is 2.44. The molecular weight excluding hydrogens is 244 g/mol. The summed E-state index contributed by atoms with van der Waals surface area (Å²) in [7, 11) is 0. The van der Waals surface area contributed by atoms with Gasteiger partial charge in [0.05, 0.1) is 0 Å². The molecule has 14 heavy (non-hydrogen) atoms. The van der Waals surface area contributed by atoms with Crippen LogP contribution in [0.5, 0.6) is 0 Å². The molecule has 1 aromatic rings. The van der Waals surface area contributed by atoms with E-state index in [9.17, 15) is 0 Å². The maximum atomic E-state index is 6.23. The van der Waals surface area contributed by atoms with Crippen molar-refractivity contribution in [1.82, 2.24) is 14.8 Å². The number of fused-ring (bicyclic) bond motifs is 1. The number of halogens is 1. The summed E-state index contributed by atoms with van der Waals surface area (Å²) in [5, 5.41) is 8.14. The van der Waals surface area contributed by atoms with Crippen LogP contribution < -0.4 is 5.73 Å². The monoisotopic (exact) mass is 256 g/mol. The highest BCUT2D eigenvalue weighted by atomic mass is 79.9. The van der Waals surface area contributed by atoms with Gasteiger partial charge >= 0.3 is 0 Å². The van der Waals surface area contributed by atoms with Crippen molar-refractivity contribution in [2.45, 2.75) is 37.8 Å². The fraction of sp³-hybridized carbons (Fsp3) is 0.778. The summed E-state index contributed by atoms with van der Waals surface area (Å²) < 4.78 is 3.00. The fourth-order valence-corrected chi connectivity index (χ4v) is 2.74. The molecular formula is C9H13BrN4. The molecule has 4 nitrogen and oxygen atoms in total. The summed E-state index contributed by atoms with van der Waals surface area (Å²) in [5.74, 6) is 1.71. The zero-order chi connectivity index (χ0) is 9.76. The summed E-state index contributed by atoms with van der Waals surface area (Å²) >= 11 is 3.42. The van der Waals surface area contributed by atoms with Crippen molar-refractivity contribution >= 4 is 15.9 Å². The predicted octanol–water partition coefficient (Wildman–Crippen LogP) is 1.09. The first-order valence-electron chi connectivity index (χ1n) is 5.05. The molecule has 0 saturated heterocycles. The molecule has 0 radical (unpaired) electrons. The lowest BCUT2D eigenvalue weighted by Crippen LogP contribution is -2.38. The van der Waals surface area contributed by atoms with Crippen molar-refractivity contribution in [2.75, 3.05) is 0 Å². The van der Waals surface area contributed by atoms with Gasteiger partial charge in [-0.05, 0) is 41.1 Å². The van der Waals surface area contributed by atoms with E-state index >= 15 is 0 Å². The Morgan fingerprint density at radius 3 is 2.93 bits per heavy atom. The quantitative estimate of drug-likeness (QED) is 0.819. The molecule has 1 fully saturated rings. The number of aromatic nitrogens is 3. The first-order valence-corrected chi connectivity index (χ1v) is 5.85. The van der Waals surface area contributed by atoms with Crippen LogP contribution in [0.1, 0.15) is 25.1 Å². The van der Waals surface area contributed by atoms with E-state index in [1.165, 1.54) is 19.3 Å². The topological polar surface area (TPSA) is 56.7 Å². The molecule has 3 rings (SSSR count). The molecule has 5 heteroatoms. The Morgan fingerprint density at radius 2 is 2.21 bits per heavy atom. The van der Waals surface area contributed by atoms with E-state index < -0.39 is 0 Å². The van der Waals surface area contributed by atoms with Crippen LogP contribution in [0.25, 0.3) is 0 Å². The second kappa shape index (κ2) is 2.79. The first kappa shape index (κ1) is 8.85. The third-order valence-corrected chi connectivity index (χ3v) is 4.13. The van der Waals surface area contributed by atoms with Gasteiger partial charge in [0.15, 0.2) is 4.73 Å². The summed E-state index contributed by atoms with van der Waals surface area (Å²) in [6.07, 6.45) is 4.56. The van der Waals surface area contributed by atoms with Crippen LogP contribution in [0.15, 0.2) is 4.73 Å². The summed E-state index contributed by atoms with van der Waals surface area (Å²) in [6.45, 7) is 0.986. The molecule has 76 valence electrons. The second-order valence-corrected chi connectivity index (χ2v) is 5.17. The van der Waals surface area contributed by atoms with Crippen LogP contribution in [-0.4, -0.2) is 20.3 Å². The Bertz CT molecular complexity index is 369. The van der Waals surface area contributed by atoms with Gasteiger partial charge in [-0.25, -0.2) is 0 Å². The zero-order valence-electron chi connectivity index (χ0n) is 7.91. The zero-order valence-corrected chi connectivity index (χ0v) is 9.50.